The number of aromatic nitrogens is 1. The number of hydrazone groups is 1. The fourth-order valence-corrected chi connectivity index (χ4v) is 6.55. The van der Waals surface area contributed by atoms with Crippen LogP contribution in [0.25, 0.3) is 16.8 Å². The Balaban J connectivity index is 1.56. The Morgan fingerprint density at radius 1 is 1.02 bits per heavy atom. The van der Waals surface area contributed by atoms with Crippen LogP contribution in [0, 0.1) is 5.92 Å². The van der Waals surface area contributed by atoms with E-state index < -0.39 is 17.9 Å². The van der Waals surface area contributed by atoms with Gasteiger partial charge in [-0.25, -0.2) is 9.79 Å². The number of amides is 1. The van der Waals surface area contributed by atoms with Crippen molar-refractivity contribution < 1.29 is 19.1 Å². The van der Waals surface area contributed by atoms with Gasteiger partial charge in [-0.3, -0.25) is 14.2 Å². The van der Waals surface area contributed by atoms with Gasteiger partial charge in [-0.15, -0.1) is 0 Å². The van der Waals surface area contributed by atoms with Gasteiger partial charge in [0.2, 0.25) is 0 Å². The third-order valence-electron chi connectivity index (χ3n) is 7.44. The van der Waals surface area contributed by atoms with Crippen LogP contribution in [0.4, 0.5) is 5.69 Å². The van der Waals surface area contributed by atoms with E-state index in [0.717, 1.165) is 10.8 Å². The fraction of sp³-hybridized carbons (Fsp3) is 0.219. The Labute approximate surface area is 245 Å². The van der Waals surface area contributed by atoms with Crippen molar-refractivity contribution in [3.8, 4) is 5.75 Å². The number of hydrogen-bond donors (Lipinski definition) is 0. The van der Waals surface area contributed by atoms with E-state index in [0.29, 0.717) is 37.7 Å². The van der Waals surface area contributed by atoms with Crippen molar-refractivity contribution in [2.45, 2.75) is 26.8 Å². The molecule has 0 fully saturated rings. The van der Waals surface area contributed by atoms with Crippen LogP contribution in [0.15, 0.2) is 92.9 Å². The van der Waals surface area contributed by atoms with Gasteiger partial charge >= 0.3 is 5.97 Å². The fourth-order valence-electron chi connectivity index (χ4n) is 5.49. The number of nitrogens with zero attached hydrogens (tertiary/aromatic N) is 4. The molecule has 4 aromatic rings. The summed E-state index contributed by atoms with van der Waals surface area (Å²) in [6, 6.07) is 19.8. The van der Waals surface area contributed by atoms with E-state index in [1.165, 1.54) is 20.9 Å². The number of carbonyl (C=O) groups is 2. The number of esters is 1. The summed E-state index contributed by atoms with van der Waals surface area (Å²) in [7, 11) is 1.56. The lowest BCUT2D eigenvalue weighted by Gasteiger charge is -2.27. The largest absolute Gasteiger partial charge is 0.496 e. The SMILES string of the molecule is CCOC(=O)C1=C(C)N=c2s/c(=C/[C@H]3C(=O)N(c4ccccc4)N=C3C)c(=O)n2[C@@H]1c1c(OC)ccc2ccccc12. The molecule has 1 aromatic heterocycles. The number of carbonyl (C=O) groups excluding carboxylic acids is 2. The summed E-state index contributed by atoms with van der Waals surface area (Å²) in [5.74, 6) is -0.999. The molecule has 0 aliphatic carbocycles. The number of fused-ring (bicyclic) bond motifs is 2. The highest BCUT2D eigenvalue weighted by Gasteiger charge is 2.37. The van der Waals surface area contributed by atoms with Crippen molar-refractivity contribution in [3.63, 3.8) is 0 Å². The Morgan fingerprint density at radius 3 is 2.50 bits per heavy atom. The first kappa shape index (κ1) is 27.3. The molecule has 10 heteroatoms. The van der Waals surface area contributed by atoms with Crippen molar-refractivity contribution >= 4 is 51.5 Å². The van der Waals surface area contributed by atoms with Crippen LogP contribution < -0.4 is 24.6 Å². The zero-order valence-electron chi connectivity index (χ0n) is 23.5. The maximum atomic E-state index is 14.2. The molecule has 1 amide bonds. The average molecular weight is 581 g/mol. The van der Waals surface area contributed by atoms with Gasteiger partial charge in [0.15, 0.2) is 4.80 Å². The third-order valence-corrected chi connectivity index (χ3v) is 8.44. The third kappa shape index (κ3) is 4.44. The first-order valence-corrected chi connectivity index (χ1v) is 14.3. The zero-order valence-corrected chi connectivity index (χ0v) is 24.3. The molecule has 0 N–H and O–H groups in total. The number of thiazole rings is 1. The molecule has 0 saturated carbocycles. The smallest absolute Gasteiger partial charge is 0.338 e. The Hall–Kier alpha value is -4.83. The minimum absolute atomic E-state index is 0.166. The molecule has 0 bridgehead atoms. The molecule has 0 saturated heterocycles. The van der Waals surface area contributed by atoms with Gasteiger partial charge in [0.25, 0.3) is 11.5 Å². The van der Waals surface area contributed by atoms with Crippen LogP contribution in [0.5, 0.6) is 5.75 Å². The van der Waals surface area contributed by atoms with Crippen LogP contribution in [0.2, 0.25) is 0 Å². The lowest BCUT2D eigenvalue weighted by atomic mass is 9.90. The number of benzene rings is 3. The van der Waals surface area contributed by atoms with E-state index in [1.807, 2.05) is 66.7 Å². The highest BCUT2D eigenvalue weighted by Crippen LogP contribution is 2.40. The molecule has 2 aliphatic rings. The number of para-hydroxylation sites is 1. The summed E-state index contributed by atoms with van der Waals surface area (Å²) in [5.41, 5.74) is 2.22. The zero-order chi connectivity index (χ0) is 29.5. The highest BCUT2D eigenvalue weighted by molar-refractivity contribution is 7.07. The Morgan fingerprint density at radius 2 is 1.76 bits per heavy atom. The van der Waals surface area contributed by atoms with Gasteiger partial charge in [0.1, 0.15) is 17.7 Å². The van der Waals surface area contributed by atoms with Gasteiger partial charge in [-0.2, -0.15) is 10.1 Å². The van der Waals surface area contributed by atoms with Crippen LogP contribution in [0.1, 0.15) is 32.4 Å². The van der Waals surface area contributed by atoms with E-state index in [4.69, 9.17) is 9.47 Å². The van der Waals surface area contributed by atoms with Crippen molar-refractivity contribution in [1.29, 1.82) is 0 Å². The molecule has 3 heterocycles. The van der Waals surface area contributed by atoms with Crippen molar-refractivity contribution in [1.82, 2.24) is 4.57 Å². The quantitative estimate of drug-likeness (QED) is 0.322. The molecule has 42 heavy (non-hydrogen) atoms. The molecule has 0 radical (unpaired) electrons. The lowest BCUT2D eigenvalue weighted by molar-refractivity contribution is -0.139. The topological polar surface area (TPSA) is 103 Å². The Kier molecular flexibility index (Phi) is 7.07. The van der Waals surface area contributed by atoms with Crippen molar-refractivity contribution in [2.75, 3.05) is 18.7 Å². The lowest BCUT2D eigenvalue weighted by Crippen LogP contribution is -2.40. The number of ether oxygens (including phenoxy) is 2. The number of anilines is 1. The molecule has 0 spiro atoms. The van der Waals surface area contributed by atoms with Gasteiger partial charge in [0, 0.05) is 5.56 Å². The second-order valence-corrected chi connectivity index (χ2v) is 10.9. The molecule has 0 unspecified atom stereocenters. The van der Waals surface area contributed by atoms with Gasteiger partial charge in [-0.05, 0) is 55.8 Å². The van der Waals surface area contributed by atoms with Crippen molar-refractivity contribution in [3.05, 3.63) is 103 Å². The summed E-state index contributed by atoms with van der Waals surface area (Å²) in [5, 5.41) is 7.60. The predicted octanol–water partition coefficient (Wildman–Crippen LogP) is 3.95. The molecular formula is C32H28N4O5S. The molecule has 6 rings (SSSR count). The molecule has 9 nitrogen and oxygen atoms in total. The summed E-state index contributed by atoms with van der Waals surface area (Å²) in [6.07, 6.45) is 1.65. The summed E-state index contributed by atoms with van der Waals surface area (Å²) in [6.45, 7) is 5.41. The van der Waals surface area contributed by atoms with Crippen LogP contribution in [0.3, 0.4) is 0 Å². The molecule has 2 aliphatic heterocycles. The predicted molar refractivity (Wildman–Crippen MR) is 162 cm³/mol. The van der Waals surface area contributed by atoms with Crippen LogP contribution in [-0.4, -0.2) is 35.9 Å². The van der Waals surface area contributed by atoms with Gasteiger partial charge < -0.3 is 9.47 Å². The normalized spacial score (nSPS) is 18.7. The van der Waals surface area contributed by atoms with E-state index >= 15 is 0 Å². The summed E-state index contributed by atoms with van der Waals surface area (Å²) >= 11 is 1.17. The monoisotopic (exact) mass is 580 g/mol. The van der Waals surface area contributed by atoms with E-state index in [-0.39, 0.29) is 23.6 Å². The number of hydrogen-bond acceptors (Lipinski definition) is 8. The number of rotatable bonds is 6. The second-order valence-electron chi connectivity index (χ2n) is 9.93. The van der Waals surface area contributed by atoms with Gasteiger partial charge in [0.05, 0.1) is 40.9 Å². The standard InChI is InChI=1S/C32H28N4O5S/c1-5-41-31(39)26-19(3)33-32-35(28(26)27-22-14-10-9-11-20(22)15-16-24(27)40-4)30(38)25(42-32)17-23-18(2)34-36(29(23)37)21-12-7-6-8-13-21/h6-17,23,28H,5H2,1-4H3/b25-17+/t23-,28+/m1/s1. The average Bonchev–Trinajstić information content (AvgIpc) is 3.46. The van der Waals surface area contributed by atoms with Crippen LogP contribution in [-0.2, 0) is 14.3 Å². The minimum atomic E-state index is -0.863. The first-order chi connectivity index (χ1) is 20.3. The number of methoxy groups -OCH3 is 1. The van der Waals surface area contributed by atoms with E-state index in [2.05, 4.69) is 10.1 Å². The molecule has 212 valence electrons. The molecule has 3 aromatic carbocycles. The molecule has 2 atom stereocenters. The minimum Gasteiger partial charge on any atom is -0.496 e. The number of allylic oxidation sites excluding steroid dienone is 1. The second kappa shape index (κ2) is 10.9. The van der Waals surface area contributed by atoms with Crippen LogP contribution >= 0.6 is 11.3 Å². The molecular weight excluding hydrogens is 552 g/mol. The maximum absolute atomic E-state index is 14.2. The van der Waals surface area contributed by atoms with Gasteiger partial charge in [-0.1, -0.05) is 59.9 Å². The first-order valence-electron chi connectivity index (χ1n) is 13.5. The Bertz CT molecular complexity index is 1990. The maximum Gasteiger partial charge on any atom is 0.338 e. The summed E-state index contributed by atoms with van der Waals surface area (Å²) < 4.78 is 13.1. The summed E-state index contributed by atoms with van der Waals surface area (Å²) in [4.78, 5) is 46.2. The van der Waals surface area contributed by atoms with Crippen molar-refractivity contribution in [2.24, 2.45) is 16.0 Å². The van der Waals surface area contributed by atoms with E-state index in [1.54, 1.807) is 34.0 Å². The van der Waals surface area contributed by atoms with E-state index in [9.17, 15) is 14.4 Å². The highest BCUT2D eigenvalue weighted by atomic mass is 32.1.